The summed E-state index contributed by atoms with van der Waals surface area (Å²) in [5, 5.41) is 2.97. The van der Waals surface area contributed by atoms with Crippen molar-refractivity contribution < 1.29 is 28.7 Å². The predicted octanol–water partition coefficient (Wildman–Crippen LogP) is 3.28. The number of rotatable bonds is 19. The zero-order valence-corrected chi connectivity index (χ0v) is 32.8. The molecule has 50 heavy (non-hydrogen) atoms. The number of methoxy groups -OCH3 is 2. The molecule has 1 aromatic rings. The maximum atomic E-state index is 14.1. The van der Waals surface area contributed by atoms with Crippen molar-refractivity contribution in [2.45, 2.75) is 110 Å². The second-order valence-electron chi connectivity index (χ2n) is 14.7. The molecule has 0 aromatic heterocycles. The van der Waals surface area contributed by atoms with E-state index in [0.717, 1.165) is 24.8 Å². The molecule has 12 heteroatoms. The summed E-state index contributed by atoms with van der Waals surface area (Å²) < 4.78 is 12.0. The van der Waals surface area contributed by atoms with Gasteiger partial charge in [-0.15, -0.1) is 0 Å². The van der Waals surface area contributed by atoms with Crippen molar-refractivity contribution in [3.8, 4) is 0 Å². The number of amides is 4. The first kappa shape index (κ1) is 42.9. The van der Waals surface area contributed by atoms with Gasteiger partial charge in [0.2, 0.25) is 23.6 Å². The molecular weight excluding hydrogens is 636 g/mol. The van der Waals surface area contributed by atoms with Gasteiger partial charge in [-0.3, -0.25) is 24.1 Å². The molecule has 2 rings (SSSR count). The number of carbonyl (C=O) groups excluding carboxylic acids is 4. The van der Waals surface area contributed by atoms with Gasteiger partial charge in [-0.2, -0.15) is 0 Å². The molecule has 3 N–H and O–H groups in total. The largest absolute Gasteiger partial charge is 0.399 e. The molecule has 1 aromatic carbocycles. The van der Waals surface area contributed by atoms with Crippen LogP contribution in [-0.4, -0.2) is 135 Å². The Hall–Kier alpha value is -3.22. The van der Waals surface area contributed by atoms with Crippen molar-refractivity contribution in [2.24, 2.45) is 17.8 Å². The van der Waals surface area contributed by atoms with Crippen molar-refractivity contribution in [1.29, 1.82) is 0 Å². The molecule has 1 heterocycles. The Morgan fingerprint density at radius 3 is 2.10 bits per heavy atom. The van der Waals surface area contributed by atoms with Gasteiger partial charge in [0.1, 0.15) is 6.04 Å². The van der Waals surface area contributed by atoms with Crippen molar-refractivity contribution >= 4 is 29.3 Å². The molecule has 0 aliphatic carbocycles. The lowest BCUT2D eigenvalue weighted by Crippen LogP contribution is -2.59. The molecule has 12 nitrogen and oxygen atoms in total. The Labute approximate surface area is 301 Å². The van der Waals surface area contributed by atoms with Gasteiger partial charge < -0.3 is 35.2 Å². The molecule has 1 saturated heterocycles. The Bertz CT molecular complexity index is 1240. The van der Waals surface area contributed by atoms with E-state index in [1.54, 1.807) is 49.9 Å². The van der Waals surface area contributed by atoms with E-state index in [0.29, 0.717) is 25.2 Å². The van der Waals surface area contributed by atoms with Crippen LogP contribution in [0.4, 0.5) is 5.69 Å². The second-order valence-corrected chi connectivity index (χ2v) is 14.7. The number of likely N-dealkylation sites (N-methyl/N-ethyl adjacent to an activating group) is 3. The second kappa shape index (κ2) is 20.0. The number of nitrogen functional groups attached to an aromatic ring is 1. The summed E-state index contributed by atoms with van der Waals surface area (Å²) in [6, 6.07) is 5.84. The number of nitrogens with zero attached hydrogens (tertiary/aromatic N) is 4. The van der Waals surface area contributed by atoms with E-state index in [9.17, 15) is 19.2 Å². The van der Waals surface area contributed by atoms with Crippen LogP contribution in [0.25, 0.3) is 0 Å². The first-order chi connectivity index (χ1) is 23.5. The van der Waals surface area contributed by atoms with Crippen LogP contribution in [0.2, 0.25) is 0 Å². The fraction of sp³-hybridized carbons (Fsp3) is 0.737. The van der Waals surface area contributed by atoms with Gasteiger partial charge in [-0.05, 0) is 69.8 Å². The number of hydrogen-bond donors (Lipinski definition) is 2. The highest BCUT2D eigenvalue weighted by atomic mass is 16.5. The van der Waals surface area contributed by atoms with Crippen LogP contribution in [0.15, 0.2) is 24.3 Å². The monoisotopic (exact) mass is 703 g/mol. The minimum atomic E-state index is -0.733. The number of hydrogen-bond acceptors (Lipinski definition) is 8. The van der Waals surface area contributed by atoms with Gasteiger partial charge >= 0.3 is 0 Å². The summed E-state index contributed by atoms with van der Waals surface area (Å²) in [5.41, 5.74) is 7.61. The number of anilines is 1. The number of benzene rings is 1. The highest BCUT2D eigenvalue weighted by Crippen LogP contribution is 2.30. The summed E-state index contributed by atoms with van der Waals surface area (Å²) in [5.74, 6) is -1.18. The van der Waals surface area contributed by atoms with E-state index >= 15 is 0 Å². The third-order valence-corrected chi connectivity index (χ3v) is 10.7. The number of likely N-dealkylation sites (tertiary alicyclic amines) is 1. The van der Waals surface area contributed by atoms with Crippen molar-refractivity contribution in [3.05, 3.63) is 29.8 Å². The molecule has 284 valence electrons. The smallest absolute Gasteiger partial charge is 0.245 e. The van der Waals surface area contributed by atoms with Gasteiger partial charge in [0.15, 0.2) is 0 Å². The van der Waals surface area contributed by atoms with E-state index in [4.69, 9.17) is 15.2 Å². The van der Waals surface area contributed by atoms with Crippen LogP contribution in [0.3, 0.4) is 0 Å². The average molecular weight is 703 g/mol. The first-order valence-electron chi connectivity index (χ1n) is 18.2. The SMILES string of the molecule is CC[C@H](C)[C@@H]([C@@H](CC(=O)N1CCCC1[C@H](OC)[C@@H](C)C(=O)N(C)CCc1ccc(N)cc1)OC)N(C)C(=O)C(NC(=O)C(C)N(C)C)C(C)C. The minimum absolute atomic E-state index is 0.00781. The molecule has 3 unspecified atom stereocenters. The zero-order chi connectivity index (χ0) is 37.9. The summed E-state index contributed by atoms with van der Waals surface area (Å²) in [6.07, 6.45) is 1.98. The third-order valence-electron chi connectivity index (χ3n) is 10.7. The Morgan fingerprint density at radius 1 is 0.960 bits per heavy atom. The highest BCUT2D eigenvalue weighted by Gasteiger charge is 2.43. The molecule has 0 spiro atoms. The van der Waals surface area contributed by atoms with Crippen molar-refractivity contribution in [3.63, 3.8) is 0 Å². The van der Waals surface area contributed by atoms with Crippen LogP contribution >= 0.6 is 0 Å². The Kier molecular flexibility index (Phi) is 17.2. The van der Waals surface area contributed by atoms with Crippen LogP contribution < -0.4 is 11.1 Å². The quantitative estimate of drug-likeness (QED) is 0.210. The summed E-state index contributed by atoms with van der Waals surface area (Å²) in [6.45, 7) is 12.7. The van der Waals surface area contributed by atoms with Gasteiger partial charge in [0.05, 0.1) is 42.7 Å². The Balaban J connectivity index is 2.22. The molecule has 0 bridgehead atoms. The summed E-state index contributed by atoms with van der Waals surface area (Å²) >= 11 is 0. The van der Waals surface area contributed by atoms with Gasteiger partial charge in [-0.25, -0.2) is 0 Å². The van der Waals surface area contributed by atoms with Crippen LogP contribution in [0, 0.1) is 17.8 Å². The standard InChI is InChI=1S/C38H66N6O6/c1-13-25(4)34(43(10)38(48)33(24(2)3)40-36(46)27(6)41(7)8)31(49-11)23-32(45)44-21-14-15-30(44)35(50-12)26(5)37(47)42(9)22-20-28-16-18-29(39)19-17-28/h16-19,24-27,30-31,33-35H,13-15,20-23,39H2,1-12H3,(H,40,46)/t25-,26+,27?,30?,31+,33?,34-,35+/m0/s1. The lowest BCUT2D eigenvalue weighted by molar-refractivity contribution is -0.149. The fourth-order valence-corrected chi connectivity index (χ4v) is 6.98. The van der Waals surface area contributed by atoms with Crippen molar-refractivity contribution in [1.82, 2.24) is 24.9 Å². The molecular formula is C38H66N6O6. The molecule has 1 fully saturated rings. The van der Waals surface area contributed by atoms with Crippen molar-refractivity contribution in [2.75, 3.05) is 61.2 Å². The van der Waals surface area contributed by atoms with E-state index in [2.05, 4.69) is 19.2 Å². The third kappa shape index (κ3) is 11.1. The minimum Gasteiger partial charge on any atom is -0.399 e. The maximum absolute atomic E-state index is 14.1. The zero-order valence-electron chi connectivity index (χ0n) is 32.8. The lowest BCUT2D eigenvalue weighted by Gasteiger charge is -2.41. The van der Waals surface area contributed by atoms with Crippen LogP contribution in [0.1, 0.15) is 72.8 Å². The first-order valence-corrected chi connectivity index (χ1v) is 18.2. The predicted molar refractivity (Wildman–Crippen MR) is 198 cm³/mol. The van der Waals surface area contributed by atoms with Crippen LogP contribution in [-0.2, 0) is 35.1 Å². The lowest BCUT2D eigenvalue weighted by atomic mass is 9.89. The number of carbonyl (C=O) groups is 4. The molecule has 8 atom stereocenters. The fourth-order valence-electron chi connectivity index (χ4n) is 6.98. The Morgan fingerprint density at radius 2 is 1.58 bits per heavy atom. The average Bonchev–Trinajstić information content (AvgIpc) is 3.58. The van der Waals surface area contributed by atoms with E-state index in [-0.39, 0.29) is 47.9 Å². The molecule has 1 aliphatic heterocycles. The summed E-state index contributed by atoms with van der Waals surface area (Å²) in [7, 11) is 10.4. The van der Waals surface area contributed by atoms with Crippen LogP contribution in [0.5, 0.6) is 0 Å². The number of nitrogens with two attached hydrogens (primary N) is 1. The normalized spacial score (nSPS) is 19.0. The van der Waals surface area contributed by atoms with E-state index in [1.165, 1.54) is 0 Å². The highest BCUT2D eigenvalue weighted by molar-refractivity contribution is 5.90. The van der Waals surface area contributed by atoms with E-state index < -0.39 is 36.3 Å². The molecule has 0 saturated carbocycles. The molecule has 0 radical (unpaired) electrons. The van der Waals surface area contributed by atoms with Gasteiger partial charge in [0.25, 0.3) is 0 Å². The number of ether oxygens (including phenoxy) is 2. The molecule has 4 amide bonds. The maximum Gasteiger partial charge on any atom is 0.245 e. The molecule has 1 aliphatic rings. The van der Waals surface area contributed by atoms with Gasteiger partial charge in [-0.1, -0.05) is 53.2 Å². The summed E-state index contributed by atoms with van der Waals surface area (Å²) in [4.78, 5) is 61.7. The van der Waals surface area contributed by atoms with Gasteiger partial charge in [0, 0.05) is 47.1 Å². The van der Waals surface area contributed by atoms with E-state index in [1.807, 2.05) is 64.0 Å². The topological polar surface area (TPSA) is 138 Å². The number of nitrogens with one attached hydrogen (secondary N) is 1.